The number of tetrazole rings is 1. The van der Waals surface area contributed by atoms with E-state index in [0.29, 0.717) is 18.7 Å². The second kappa shape index (κ2) is 10.3. The molecule has 7 nitrogen and oxygen atoms in total. The third kappa shape index (κ3) is 5.23. The summed E-state index contributed by atoms with van der Waals surface area (Å²) in [6.45, 7) is 13.4. The van der Waals surface area contributed by atoms with Gasteiger partial charge >= 0.3 is 0 Å². The Labute approximate surface area is 211 Å². The number of pyridine rings is 1. The number of fused-ring (bicyclic) bond motifs is 1. The molecule has 0 fully saturated rings. The van der Waals surface area contributed by atoms with E-state index in [1.165, 1.54) is 12.1 Å². The Hall–Kier alpha value is -3.39. The van der Waals surface area contributed by atoms with Crippen LogP contribution < -0.4 is 5.56 Å². The van der Waals surface area contributed by atoms with E-state index in [0.717, 1.165) is 46.3 Å². The Morgan fingerprint density at radius 3 is 2.47 bits per heavy atom. The number of nitrogens with zero attached hydrogens (tertiary/aromatic N) is 5. The molecular weight excluding hydrogens is 455 g/mol. The van der Waals surface area contributed by atoms with E-state index in [9.17, 15) is 9.18 Å². The second-order valence-corrected chi connectivity index (χ2v) is 10.2. The van der Waals surface area contributed by atoms with Gasteiger partial charge in [0.1, 0.15) is 5.82 Å². The molecule has 0 aliphatic carbocycles. The van der Waals surface area contributed by atoms with Crippen molar-refractivity contribution in [3.05, 3.63) is 86.7 Å². The molecule has 1 atom stereocenters. The van der Waals surface area contributed by atoms with E-state index in [-0.39, 0.29) is 23.0 Å². The van der Waals surface area contributed by atoms with Gasteiger partial charge in [-0.3, -0.25) is 9.69 Å². The predicted molar refractivity (Wildman–Crippen MR) is 140 cm³/mol. The highest BCUT2D eigenvalue weighted by atomic mass is 19.1. The molecule has 0 amide bonds. The molecule has 2 aromatic carbocycles. The number of benzene rings is 2. The van der Waals surface area contributed by atoms with Crippen LogP contribution in [0.4, 0.5) is 4.39 Å². The Morgan fingerprint density at radius 1 is 1.08 bits per heavy atom. The van der Waals surface area contributed by atoms with Crippen LogP contribution in [-0.2, 0) is 18.6 Å². The van der Waals surface area contributed by atoms with Crippen molar-refractivity contribution in [1.82, 2.24) is 30.1 Å². The molecule has 0 radical (unpaired) electrons. The van der Waals surface area contributed by atoms with Gasteiger partial charge in [-0.15, -0.1) is 5.10 Å². The maximum atomic E-state index is 13.6. The number of hydrogen-bond acceptors (Lipinski definition) is 5. The fourth-order valence-electron chi connectivity index (χ4n) is 4.76. The molecule has 1 N–H and O–H groups in total. The Balaban J connectivity index is 1.79. The zero-order valence-corrected chi connectivity index (χ0v) is 22.0. The van der Waals surface area contributed by atoms with E-state index >= 15 is 0 Å². The van der Waals surface area contributed by atoms with E-state index in [1.807, 2.05) is 17.7 Å². The highest BCUT2D eigenvalue weighted by Gasteiger charge is 2.31. The monoisotopic (exact) mass is 490 g/mol. The van der Waals surface area contributed by atoms with Crippen LogP contribution in [0.25, 0.3) is 10.9 Å². The maximum absolute atomic E-state index is 13.6. The summed E-state index contributed by atoms with van der Waals surface area (Å²) in [5, 5.41) is 13.8. The lowest BCUT2D eigenvalue weighted by molar-refractivity contribution is 0.150. The Morgan fingerprint density at radius 2 is 1.81 bits per heavy atom. The molecule has 0 saturated heterocycles. The molecule has 0 bridgehead atoms. The van der Waals surface area contributed by atoms with Crippen LogP contribution in [-0.4, -0.2) is 30.1 Å². The SMILES string of the molecule is CC[C@@H](c1nnnn1C(C)(C)CC)N(Cc1ccc(F)cc1)Cc1cc2cc(C)cc(C)c2[nH]c1=O. The van der Waals surface area contributed by atoms with E-state index in [4.69, 9.17) is 0 Å². The number of halogens is 1. The van der Waals surface area contributed by atoms with Crippen LogP contribution in [0.15, 0.2) is 47.3 Å². The highest BCUT2D eigenvalue weighted by Crippen LogP contribution is 2.30. The Bertz CT molecular complexity index is 1410. The van der Waals surface area contributed by atoms with Gasteiger partial charge in [0, 0.05) is 18.7 Å². The summed E-state index contributed by atoms with van der Waals surface area (Å²) in [6, 6.07) is 12.5. The number of rotatable bonds is 9. The lowest BCUT2D eigenvalue weighted by Gasteiger charge is -2.33. The molecule has 36 heavy (non-hydrogen) atoms. The first-order valence-electron chi connectivity index (χ1n) is 12.5. The number of aromatic amines is 1. The van der Waals surface area contributed by atoms with Gasteiger partial charge in [0.15, 0.2) is 5.82 Å². The van der Waals surface area contributed by atoms with Gasteiger partial charge in [-0.05, 0) is 91.7 Å². The smallest absolute Gasteiger partial charge is 0.252 e. The minimum Gasteiger partial charge on any atom is -0.321 e. The molecule has 8 heteroatoms. The standard InChI is InChI=1S/C28H35FN6O/c1-7-24(26-31-32-33-35(26)28(5,6)8-2)34(16-20-9-11-23(29)12-10-20)17-22-15-21-14-18(3)13-19(4)25(21)30-27(22)36/h9-15,24H,7-8,16-17H2,1-6H3,(H,30,36)/t24-/m0/s1. The van der Waals surface area contributed by atoms with Crippen LogP contribution in [0.3, 0.4) is 0 Å². The lowest BCUT2D eigenvalue weighted by atomic mass is 10.0. The predicted octanol–water partition coefficient (Wildman–Crippen LogP) is 5.57. The van der Waals surface area contributed by atoms with Gasteiger partial charge in [0.2, 0.25) is 0 Å². The molecule has 2 aromatic heterocycles. The number of H-pyrrole nitrogens is 1. The lowest BCUT2D eigenvalue weighted by Crippen LogP contribution is -2.36. The summed E-state index contributed by atoms with van der Waals surface area (Å²) in [4.78, 5) is 18.5. The Kier molecular flexibility index (Phi) is 7.36. The number of nitrogens with one attached hydrogen (secondary N) is 1. The quantitative estimate of drug-likeness (QED) is 0.332. The second-order valence-electron chi connectivity index (χ2n) is 10.2. The van der Waals surface area contributed by atoms with Crippen molar-refractivity contribution < 1.29 is 4.39 Å². The van der Waals surface area contributed by atoms with Crippen molar-refractivity contribution >= 4 is 10.9 Å². The average molecular weight is 491 g/mol. The normalized spacial score (nSPS) is 13.0. The largest absolute Gasteiger partial charge is 0.321 e. The number of hydrogen-bond donors (Lipinski definition) is 1. The third-order valence-corrected chi connectivity index (χ3v) is 7.10. The molecule has 0 aliphatic heterocycles. The van der Waals surface area contributed by atoms with Crippen LogP contribution >= 0.6 is 0 Å². The first kappa shape index (κ1) is 25.7. The van der Waals surface area contributed by atoms with Crippen molar-refractivity contribution in [3.63, 3.8) is 0 Å². The van der Waals surface area contributed by atoms with Gasteiger partial charge in [-0.2, -0.15) is 0 Å². The van der Waals surface area contributed by atoms with Gasteiger partial charge in [-0.25, -0.2) is 9.07 Å². The van der Waals surface area contributed by atoms with Crippen molar-refractivity contribution in [2.75, 3.05) is 0 Å². The minimum absolute atomic E-state index is 0.109. The molecule has 4 rings (SSSR count). The van der Waals surface area contributed by atoms with Crippen LogP contribution in [0.2, 0.25) is 0 Å². The summed E-state index contributed by atoms with van der Waals surface area (Å²) in [5.74, 6) is 0.484. The van der Waals surface area contributed by atoms with Gasteiger partial charge < -0.3 is 4.98 Å². The topological polar surface area (TPSA) is 79.7 Å². The third-order valence-electron chi connectivity index (χ3n) is 7.10. The average Bonchev–Trinajstić information content (AvgIpc) is 3.32. The van der Waals surface area contributed by atoms with Crippen molar-refractivity contribution in [2.45, 2.75) is 79.1 Å². The molecule has 2 heterocycles. The first-order valence-corrected chi connectivity index (χ1v) is 12.5. The van der Waals surface area contributed by atoms with Crippen LogP contribution in [0.1, 0.15) is 74.7 Å². The minimum atomic E-state index is -0.275. The van der Waals surface area contributed by atoms with E-state index in [2.05, 4.69) is 72.2 Å². The fraction of sp³-hybridized carbons (Fsp3) is 0.429. The van der Waals surface area contributed by atoms with Gasteiger partial charge in [0.05, 0.1) is 17.1 Å². The van der Waals surface area contributed by atoms with Crippen molar-refractivity contribution in [1.29, 1.82) is 0 Å². The summed E-state index contributed by atoms with van der Waals surface area (Å²) < 4.78 is 15.5. The van der Waals surface area contributed by atoms with Crippen molar-refractivity contribution in [3.8, 4) is 0 Å². The first-order chi connectivity index (χ1) is 17.1. The summed E-state index contributed by atoms with van der Waals surface area (Å²) >= 11 is 0. The van der Waals surface area contributed by atoms with E-state index < -0.39 is 0 Å². The van der Waals surface area contributed by atoms with Crippen LogP contribution in [0.5, 0.6) is 0 Å². The molecule has 190 valence electrons. The fourth-order valence-corrected chi connectivity index (χ4v) is 4.76. The highest BCUT2D eigenvalue weighted by molar-refractivity contribution is 5.82. The molecule has 0 unspecified atom stereocenters. The zero-order valence-electron chi connectivity index (χ0n) is 22.0. The molecule has 0 saturated carbocycles. The molecule has 0 spiro atoms. The molecule has 4 aromatic rings. The number of aryl methyl sites for hydroxylation is 2. The molecular formula is C28H35FN6O. The summed E-state index contributed by atoms with van der Waals surface area (Å²) in [6.07, 6.45) is 1.60. The number of aromatic nitrogens is 5. The van der Waals surface area contributed by atoms with Crippen molar-refractivity contribution in [2.24, 2.45) is 0 Å². The zero-order chi connectivity index (χ0) is 26.0. The van der Waals surface area contributed by atoms with Crippen LogP contribution in [0, 0.1) is 19.7 Å². The van der Waals surface area contributed by atoms with Gasteiger partial charge in [-0.1, -0.05) is 37.6 Å². The summed E-state index contributed by atoms with van der Waals surface area (Å²) in [5.41, 5.74) is 4.30. The molecule has 0 aliphatic rings. The van der Waals surface area contributed by atoms with Gasteiger partial charge in [0.25, 0.3) is 5.56 Å². The van der Waals surface area contributed by atoms with E-state index in [1.54, 1.807) is 12.1 Å². The maximum Gasteiger partial charge on any atom is 0.252 e. The summed E-state index contributed by atoms with van der Waals surface area (Å²) in [7, 11) is 0.